The van der Waals surface area contributed by atoms with Gasteiger partial charge in [-0.15, -0.1) is 0 Å². The molecule has 108 valence electrons. The molecular weight excluding hydrogens is 284 g/mol. The normalized spacial score (nSPS) is 13.0. The smallest absolute Gasteiger partial charge is 0.160 e. The molecule has 0 unspecified atom stereocenters. The molecule has 0 aliphatic carbocycles. The largest absolute Gasteiger partial charge is 0.504 e. The number of phenolic OH excluding ortho intramolecular Hbond substituents is 1. The minimum Gasteiger partial charge on any atom is -0.504 e. The number of benzene rings is 1. The molecule has 0 saturated heterocycles. The fourth-order valence-electron chi connectivity index (χ4n) is 2.66. The van der Waals surface area contributed by atoms with E-state index in [1.807, 2.05) is 24.5 Å². The predicted molar refractivity (Wildman–Crippen MR) is 86.9 cm³/mol. The number of allylic oxidation sites excluding steroid dienone is 1. The quantitative estimate of drug-likeness (QED) is 0.881. The van der Waals surface area contributed by atoms with Gasteiger partial charge in [0.25, 0.3) is 0 Å². The molecule has 1 aromatic heterocycles. The van der Waals surface area contributed by atoms with Crippen LogP contribution in [0.15, 0.2) is 24.5 Å². The molecule has 5 heteroatoms. The first kappa shape index (κ1) is 13.8. The maximum absolute atomic E-state index is 10.0. The van der Waals surface area contributed by atoms with E-state index in [0.29, 0.717) is 5.75 Å². The molecule has 1 aromatic carbocycles. The van der Waals surface area contributed by atoms with Crippen molar-refractivity contribution < 1.29 is 9.84 Å². The highest BCUT2D eigenvalue weighted by atomic mass is 32.1. The minimum absolute atomic E-state index is 0.153. The molecule has 0 spiro atoms. The summed E-state index contributed by atoms with van der Waals surface area (Å²) >= 11 is 4.83. The molecular formula is C16H16N2O2S. The molecule has 21 heavy (non-hydrogen) atoms. The van der Waals surface area contributed by atoms with Crippen LogP contribution in [0.5, 0.6) is 11.5 Å². The Hall–Kier alpha value is -2.14. The van der Waals surface area contributed by atoms with Gasteiger partial charge in [0.1, 0.15) is 0 Å². The van der Waals surface area contributed by atoms with Gasteiger partial charge in [0.2, 0.25) is 0 Å². The van der Waals surface area contributed by atoms with Gasteiger partial charge in [-0.25, -0.2) is 4.98 Å². The zero-order valence-corrected chi connectivity index (χ0v) is 12.6. The van der Waals surface area contributed by atoms with Crippen molar-refractivity contribution >= 4 is 23.7 Å². The lowest BCUT2D eigenvalue weighted by Crippen LogP contribution is -2.10. The van der Waals surface area contributed by atoms with Crippen molar-refractivity contribution in [3.05, 3.63) is 35.8 Å². The van der Waals surface area contributed by atoms with Crippen LogP contribution in [0.1, 0.15) is 17.7 Å². The molecule has 2 heterocycles. The second-order valence-corrected chi connectivity index (χ2v) is 5.24. The molecule has 2 aromatic rings. The lowest BCUT2D eigenvalue weighted by Gasteiger charge is -2.20. The molecule has 0 amide bonds. The van der Waals surface area contributed by atoms with Crippen LogP contribution in [0.25, 0.3) is 17.3 Å². The third-order valence-corrected chi connectivity index (χ3v) is 3.85. The number of thiocarbonyl (C=S) groups is 1. The molecule has 0 atom stereocenters. The van der Waals surface area contributed by atoms with E-state index in [-0.39, 0.29) is 5.75 Å². The average Bonchev–Trinajstić information content (AvgIpc) is 2.90. The van der Waals surface area contributed by atoms with E-state index in [2.05, 4.69) is 9.55 Å². The number of hydrogen-bond acceptors (Lipinski definition) is 4. The summed E-state index contributed by atoms with van der Waals surface area (Å²) in [5, 5.41) is 11.7. The van der Waals surface area contributed by atoms with Crippen LogP contribution in [0.2, 0.25) is 0 Å². The van der Waals surface area contributed by atoms with Crippen LogP contribution in [0, 0.1) is 0 Å². The van der Waals surface area contributed by atoms with Gasteiger partial charge in [0, 0.05) is 12.1 Å². The van der Waals surface area contributed by atoms with E-state index >= 15 is 0 Å². The Morgan fingerprint density at radius 1 is 1.48 bits per heavy atom. The van der Waals surface area contributed by atoms with Gasteiger partial charge < -0.3 is 14.4 Å². The van der Waals surface area contributed by atoms with Crippen LogP contribution in [0.4, 0.5) is 0 Å². The molecule has 1 N–H and O–H groups in total. The Bertz CT molecular complexity index is 719. The van der Waals surface area contributed by atoms with Crippen LogP contribution >= 0.6 is 12.2 Å². The van der Waals surface area contributed by atoms with Crippen LogP contribution in [-0.4, -0.2) is 27.1 Å². The van der Waals surface area contributed by atoms with E-state index in [1.54, 1.807) is 18.5 Å². The number of imidazole rings is 1. The Balaban J connectivity index is 2.10. The second kappa shape index (κ2) is 5.69. The van der Waals surface area contributed by atoms with E-state index in [9.17, 15) is 5.11 Å². The Morgan fingerprint density at radius 3 is 3.10 bits per heavy atom. The van der Waals surface area contributed by atoms with E-state index in [0.717, 1.165) is 36.3 Å². The molecule has 4 nitrogen and oxygen atoms in total. The summed E-state index contributed by atoms with van der Waals surface area (Å²) in [6.07, 6.45) is 7.45. The van der Waals surface area contributed by atoms with Crippen LogP contribution in [0.3, 0.4) is 0 Å². The lowest BCUT2D eigenvalue weighted by atomic mass is 9.96. The maximum Gasteiger partial charge on any atom is 0.160 e. The molecule has 0 saturated carbocycles. The highest BCUT2D eigenvalue weighted by molar-refractivity contribution is 7.78. The lowest BCUT2D eigenvalue weighted by molar-refractivity contribution is 0.373. The summed E-state index contributed by atoms with van der Waals surface area (Å²) < 4.78 is 7.30. The number of nitrogens with zero attached hydrogens (tertiary/aromatic N) is 2. The van der Waals surface area contributed by atoms with Crippen molar-refractivity contribution in [1.82, 2.24) is 9.55 Å². The van der Waals surface area contributed by atoms with E-state index < -0.39 is 0 Å². The van der Waals surface area contributed by atoms with Crippen LogP contribution in [-0.2, 0) is 13.0 Å². The zero-order chi connectivity index (χ0) is 14.8. The van der Waals surface area contributed by atoms with Gasteiger partial charge in [-0.05, 0) is 42.0 Å². The number of phenols is 1. The number of methoxy groups -OCH3 is 1. The van der Waals surface area contributed by atoms with Crippen molar-refractivity contribution in [3.8, 4) is 22.8 Å². The first-order valence-corrected chi connectivity index (χ1v) is 7.27. The minimum atomic E-state index is 0.153. The summed E-state index contributed by atoms with van der Waals surface area (Å²) in [4.78, 5) is 4.46. The second-order valence-electron chi connectivity index (χ2n) is 4.91. The van der Waals surface area contributed by atoms with Gasteiger partial charge >= 0.3 is 0 Å². The average molecular weight is 300 g/mol. The molecule has 1 aliphatic rings. The molecule has 0 bridgehead atoms. The third-order valence-electron chi connectivity index (χ3n) is 3.66. The highest BCUT2D eigenvalue weighted by Crippen LogP contribution is 2.39. The van der Waals surface area contributed by atoms with Gasteiger partial charge in [-0.2, -0.15) is 0 Å². The summed E-state index contributed by atoms with van der Waals surface area (Å²) in [7, 11) is 1.56. The number of fused-ring (bicyclic) bond motifs is 3. The Morgan fingerprint density at radius 2 is 2.33 bits per heavy atom. The highest BCUT2D eigenvalue weighted by Gasteiger charge is 2.21. The molecule has 0 radical (unpaired) electrons. The SMILES string of the molecule is COc1cc2c(cc1O)-c1c(/C=C/CC=S)ncn1CC2. The molecule has 1 aliphatic heterocycles. The van der Waals surface area contributed by atoms with Crippen molar-refractivity contribution in [1.29, 1.82) is 0 Å². The Kier molecular flexibility index (Phi) is 3.75. The number of ether oxygens (including phenoxy) is 1. The third kappa shape index (κ3) is 2.45. The number of aromatic hydroxyl groups is 1. The van der Waals surface area contributed by atoms with Gasteiger partial charge in [-0.1, -0.05) is 18.3 Å². The summed E-state index contributed by atoms with van der Waals surface area (Å²) in [5.74, 6) is 0.666. The zero-order valence-electron chi connectivity index (χ0n) is 11.7. The van der Waals surface area contributed by atoms with Gasteiger partial charge in [0.05, 0.1) is 24.8 Å². The fraction of sp³-hybridized carbons (Fsp3) is 0.250. The Labute approximate surface area is 128 Å². The van der Waals surface area contributed by atoms with E-state index in [1.165, 1.54) is 5.56 Å². The van der Waals surface area contributed by atoms with E-state index in [4.69, 9.17) is 17.0 Å². The number of aromatic nitrogens is 2. The standard InChI is InChI=1S/C16H16N2O2S/c1-20-15-8-11-5-6-18-10-17-13(4-2-3-7-21)16(18)12(11)9-14(15)19/h2,4,7-10,19H,3,5-6H2,1H3/b4-2+. The maximum atomic E-state index is 10.0. The molecule has 0 fully saturated rings. The number of hydrogen-bond donors (Lipinski definition) is 1. The van der Waals surface area contributed by atoms with Crippen molar-refractivity contribution in [2.24, 2.45) is 0 Å². The van der Waals surface area contributed by atoms with Gasteiger partial charge in [0.15, 0.2) is 11.5 Å². The number of aryl methyl sites for hydroxylation is 2. The number of rotatable bonds is 4. The fourth-order valence-corrected chi connectivity index (χ4v) is 2.77. The van der Waals surface area contributed by atoms with Crippen LogP contribution < -0.4 is 4.74 Å². The van der Waals surface area contributed by atoms with Crippen molar-refractivity contribution in [2.75, 3.05) is 7.11 Å². The topological polar surface area (TPSA) is 47.3 Å². The summed E-state index contributed by atoms with van der Waals surface area (Å²) in [6.45, 7) is 0.879. The van der Waals surface area contributed by atoms with Gasteiger partial charge in [-0.3, -0.25) is 0 Å². The summed E-state index contributed by atoms with van der Waals surface area (Å²) in [5.41, 5.74) is 4.12. The van der Waals surface area contributed by atoms with Crippen molar-refractivity contribution in [3.63, 3.8) is 0 Å². The molecule has 3 rings (SSSR count). The predicted octanol–water partition coefficient (Wildman–Crippen LogP) is 3.22. The first-order valence-electron chi connectivity index (χ1n) is 6.80. The summed E-state index contributed by atoms with van der Waals surface area (Å²) in [6, 6.07) is 3.67. The van der Waals surface area contributed by atoms with Crippen molar-refractivity contribution in [2.45, 2.75) is 19.4 Å². The first-order chi connectivity index (χ1) is 10.2. The monoisotopic (exact) mass is 300 g/mol.